The van der Waals surface area contributed by atoms with Gasteiger partial charge in [0.1, 0.15) is 5.69 Å². The Labute approximate surface area is 208 Å². The van der Waals surface area contributed by atoms with Crippen molar-refractivity contribution in [2.24, 2.45) is 5.92 Å². The first kappa shape index (κ1) is 22.6. The molecule has 35 heavy (non-hydrogen) atoms. The van der Waals surface area contributed by atoms with Crippen LogP contribution in [0.1, 0.15) is 52.1 Å². The van der Waals surface area contributed by atoms with E-state index in [4.69, 9.17) is 4.98 Å². The number of anilines is 1. The molecular weight excluding hydrogens is 434 g/mol. The lowest BCUT2D eigenvalue weighted by Gasteiger charge is -2.33. The Bertz CT molecular complexity index is 1270. The van der Waals surface area contributed by atoms with Crippen LogP contribution in [-0.4, -0.2) is 65.0 Å². The van der Waals surface area contributed by atoms with E-state index < -0.39 is 0 Å². The largest absolute Gasteiger partial charge is 0.350 e. The highest BCUT2D eigenvalue weighted by molar-refractivity contribution is 6.01. The average molecular weight is 472 g/mol. The van der Waals surface area contributed by atoms with E-state index in [2.05, 4.69) is 65.6 Å². The van der Waals surface area contributed by atoms with E-state index in [0.29, 0.717) is 5.69 Å². The molecule has 1 aliphatic carbocycles. The molecule has 1 saturated carbocycles. The topological polar surface area (TPSA) is 44.6 Å². The summed E-state index contributed by atoms with van der Waals surface area (Å²) in [5, 5.41) is 1.20. The highest BCUT2D eigenvalue weighted by Crippen LogP contribution is 2.37. The summed E-state index contributed by atoms with van der Waals surface area (Å²) in [5.74, 6) is 1.82. The van der Waals surface area contributed by atoms with Crippen molar-refractivity contribution in [3.8, 4) is 0 Å². The first-order valence-corrected chi connectivity index (χ1v) is 13.3. The number of aryl methyl sites for hydroxylation is 1. The number of carbonyl (C=O) groups is 1. The lowest BCUT2D eigenvalue weighted by Crippen LogP contribution is -2.47. The number of pyridine rings is 1. The van der Waals surface area contributed by atoms with Crippen molar-refractivity contribution >= 4 is 22.6 Å². The molecule has 2 fully saturated rings. The monoisotopic (exact) mass is 471 g/mol. The second-order valence-electron chi connectivity index (χ2n) is 10.9. The van der Waals surface area contributed by atoms with E-state index in [1.54, 1.807) is 0 Å². The van der Waals surface area contributed by atoms with Gasteiger partial charge in [-0.25, -0.2) is 4.98 Å². The second kappa shape index (κ2) is 8.98. The number of piperazine rings is 1. The zero-order valence-electron chi connectivity index (χ0n) is 21.4. The smallest absolute Gasteiger partial charge is 0.272 e. The number of carbonyl (C=O) groups excluding carboxylic acids is 1. The Hall–Kier alpha value is -2.86. The summed E-state index contributed by atoms with van der Waals surface area (Å²) in [4.78, 5) is 25.5. The number of aromatic nitrogens is 2. The highest BCUT2D eigenvalue weighted by atomic mass is 16.2. The minimum absolute atomic E-state index is 0.0717. The van der Waals surface area contributed by atoms with E-state index in [-0.39, 0.29) is 5.91 Å². The zero-order chi connectivity index (χ0) is 24.1. The molecular formula is C29H37N5O. The Morgan fingerprint density at radius 3 is 2.49 bits per heavy atom. The number of rotatable bonds is 4. The lowest BCUT2D eigenvalue weighted by atomic mass is 9.85. The average Bonchev–Trinajstić information content (AvgIpc) is 3.10. The number of amides is 1. The molecule has 3 aromatic rings. The minimum Gasteiger partial charge on any atom is -0.350 e. The van der Waals surface area contributed by atoms with Crippen LogP contribution in [0.25, 0.3) is 10.9 Å². The molecule has 0 N–H and O–H groups in total. The summed E-state index contributed by atoms with van der Waals surface area (Å²) in [5.41, 5.74) is 7.22. The third kappa shape index (κ3) is 4.02. The summed E-state index contributed by atoms with van der Waals surface area (Å²) in [6.07, 6.45) is 4.99. The molecule has 0 unspecified atom stereocenters. The van der Waals surface area contributed by atoms with Crippen LogP contribution in [0.2, 0.25) is 0 Å². The maximum absolute atomic E-state index is 13.6. The van der Waals surface area contributed by atoms with E-state index in [1.165, 1.54) is 52.5 Å². The number of benzene rings is 1. The molecule has 6 nitrogen and oxygen atoms in total. The molecule has 0 spiro atoms. The van der Waals surface area contributed by atoms with Crippen LogP contribution in [0.4, 0.5) is 5.82 Å². The van der Waals surface area contributed by atoms with Crippen LogP contribution in [0.15, 0.2) is 30.3 Å². The predicted molar refractivity (Wildman–Crippen MR) is 141 cm³/mol. The normalized spacial score (nSPS) is 19.2. The van der Waals surface area contributed by atoms with Gasteiger partial charge in [-0.2, -0.15) is 0 Å². The molecule has 3 aliphatic rings. The van der Waals surface area contributed by atoms with Crippen LogP contribution >= 0.6 is 0 Å². The molecule has 4 heterocycles. The second-order valence-corrected chi connectivity index (χ2v) is 10.9. The van der Waals surface area contributed by atoms with Crippen molar-refractivity contribution in [1.82, 2.24) is 19.4 Å². The summed E-state index contributed by atoms with van der Waals surface area (Å²) in [6.45, 7) is 10.7. The van der Waals surface area contributed by atoms with Crippen LogP contribution in [0.5, 0.6) is 0 Å². The molecule has 1 aromatic carbocycles. The van der Waals surface area contributed by atoms with Crippen molar-refractivity contribution in [3.05, 3.63) is 58.4 Å². The van der Waals surface area contributed by atoms with Crippen molar-refractivity contribution in [3.63, 3.8) is 0 Å². The lowest BCUT2D eigenvalue weighted by molar-refractivity contribution is 0.0658. The Kier molecular flexibility index (Phi) is 5.79. The number of hydrogen-bond donors (Lipinski definition) is 0. The molecule has 0 radical (unpaired) electrons. The van der Waals surface area contributed by atoms with E-state index in [9.17, 15) is 4.79 Å². The molecule has 6 rings (SSSR count). The molecule has 1 saturated heterocycles. The van der Waals surface area contributed by atoms with Gasteiger partial charge in [0.2, 0.25) is 0 Å². The number of hydrogen-bond acceptors (Lipinski definition) is 4. The van der Waals surface area contributed by atoms with Gasteiger partial charge < -0.3 is 19.3 Å². The van der Waals surface area contributed by atoms with Gasteiger partial charge in [0, 0.05) is 56.9 Å². The summed E-state index contributed by atoms with van der Waals surface area (Å²) >= 11 is 0. The fraction of sp³-hybridized carbons (Fsp3) is 0.517. The highest BCUT2D eigenvalue weighted by Gasteiger charge is 2.29. The zero-order valence-corrected chi connectivity index (χ0v) is 21.4. The molecule has 2 aliphatic heterocycles. The maximum atomic E-state index is 13.6. The third-order valence-electron chi connectivity index (χ3n) is 8.70. The summed E-state index contributed by atoms with van der Waals surface area (Å²) in [7, 11) is 2.12. The quantitative estimate of drug-likeness (QED) is 0.566. The van der Waals surface area contributed by atoms with Gasteiger partial charge in [0.15, 0.2) is 5.82 Å². The van der Waals surface area contributed by atoms with Gasteiger partial charge in [-0.1, -0.05) is 30.7 Å². The van der Waals surface area contributed by atoms with Crippen molar-refractivity contribution in [1.29, 1.82) is 0 Å². The van der Waals surface area contributed by atoms with Gasteiger partial charge in [-0.15, -0.1) is 0 Å². The molecule has 0 atom stereocenters. The Balaban J connectivity index is 1.46. The SMILES string of the molecule is Cc1c(C)n(CC2CCC2)c2c(N3CCc4ccccc4C3)nc(C(=O)N3CCN(C)CC3)cc12. The summed E-state index contributed by atoms with van der Waals surface area (Å²) < 4.78 is 2.52. The van der Waals surface area contributed by atoms with Crippen LogP contribution in [0.3, 0.4) is 0 Å². The van der Waals surface area contributed by atoms with E-state index in [0.717, 1.165) is 64.0 Å². The molecule has 184 valence electrons. The van der Waals surface area contributed by atoms with Gasteiger partial charge in [-0.05, 0) is 68.8 Å². The van der Waals surface area contributed by atoms with Gasteiger partial charge >= 0.3 is 0 Å². The summed E-state index contributed by atoms with van der Waals surface area (Å²) in [6, 6.07) is 10.8. The van der Waals surface area contributed by atoms with Crippen LogP contribution in [-0.2, 0) is 19.5 Å². The predicted octanol–water partition coefficient (Wildman–Crippen LogP) is 4.40. The molecule has 6 heteroatoms. The number of likely N-dealkylation sites (N-methyl/N-ethyl adjacent to an activating group) is 1. The van der Waals surface area contributed by atoms with E-state index in [1.807, 2.05) is 4.90 Å². The van der Waals surface area contributed by atoms with Crippen molar-refractivity contribution in [2.75, 3.05) is 44.7 Å². The van der Waals surface area contributed by atoms with E-state index >= 15 is 0 Å². The van der Waals surface area contributed by atoms with Crippen molar-refractivity contribution < 1.29 is 4.79 Å². The van der Waals surface area contributed by atoms with Gasteiger partial charge in [-0.3, -0.25) is 4.79 Å². The fourth-order valence-corrected chi connectivity index (χ4v) is 5.98. The minimum atomic E-state index is 0.0717. The number of fused-ring (bicyclic) bond motifs is 2. The fourth-order valence-electron chi connectivity index (χ4n) is 5.98. The Morgan fingerprint density at radius 1 is 1.03 bits per heavy atom. The molecule has 2 aromatic heterocycles. The third-order valence-corrected chi connectivity index (χ3v) is 8.70. The van der Waals surface area contributed by atoms with Crippen molar-refractivity contribution in [2.45, 2.75) is 52.6 Å². The van der Waals surface area contributed by atoms with Gasteiger partial charge in [0.25, 0.3) is 5.91 Å². The van der Waals surface area contributed by atoms with Crippen LogP contribution < -0.4 is 4.90 Å². The van der Waals surface area contributed by atoms with Crippen LogP contribution in [0, 0.1) is 19.8 Å². The standard InChI is InChI=1S/C29H37N5O/c1-20-21(2)34(18-22-7-6-8-22)27-25(20)17-26(29(35)32-15-13-31(3)14-16-32)30-28(27)33-12-11-23-9-4-5-10-24(23)19-33/h4-5,9-10,17,22H,6-8,11-16,18-19H2,1-3H3. The molecule has 1 amide bonds. The Morgan fingerprint density at radius 2 is 1.77 bits per heavy atom. The molecule has 0 bridgehead atoms. The first-order valence-electron chi connectivity index (χ1n) is 13.3. The van der Waals surface area contributed by atoms with Gasteiger partial charge in [0.05, 0.1) is 5.52 Å². The maximum Gasteiger partial charge on any atom is 0.272 e. The first-order chi connectivity index (χ1) is 17.0. The number of nitrogens with zero attached hydrogens (tertiary/aromatic N) is 5.